The highest BCUT2D eigenvalue weighted by atomic mass is 16.5. The van der Waals surface area contributed by atoms with Crippen molar-refractivity contribution in [3.8, 4) is 0 Å². The van der Waals surface area contributed by atoms with Crippen molar-refractivity contribution >= 4 is 17.8 Å². The molecule has 24 heavy (non-hydrogen) atoms. The van der Waals surface area contributed by atoms with Crippen molar-refractivity contribution in [2.75, 3.05) is 13.1 Å². The van der Waals surface area contributed by atoms with Crippen molar-refractivity contribution in [3.63, 3.8) is 0 Å². The molecule has 0 spiro atoms. The van der Waals surface area contributed by atoms with E-state index in [0.717, 1.165) is 0 Å². The van der Waals surface area contributed by atoms with Crippen molar-refractivity contribution in [3.05, 3.63) is 22.5 Å². The van der Waals surface area contributed by atoms with E-state index in [9.17, 15) is 14.4 Å². The first-order chi connectivity index (χ1) is 11.1. The summed E-state index contributed by atoms with van der Waals surface area (Å²) in [5.41, 5.74) is 1.87. The van der Waals surface area contributed by atoms with Gasteiger partial charge >= 0.3 is 5.97 Å². The van der Waals surface area contributed by atoms with Crippen LogP contribution in [0.1, 0.15) is 59.8 Å². The first-order valence-corrected chi connectivity index (χ1v) is 8.11. The van der Waals surface area contributed by atoms with Crippen molar-refractivity contribution < 1.29 is 19.1 Å². The summed E-state index contributed by atoms with van der Waals surface area (Å²) in [5, 5.41) is 5.44. The Hall–Kier alpha value is -2.31. The molecule has 0 radical (unpaired) electrons. The zero-order chi connectivity index (χ0) is 18.4. The Labute approximate surface area is 142 Å². The zero-order valence-corrected chi connectivity index (χ0v) is 15.2. The number of aryl methyl sites for hydroxylation is 1. The molecule has 3 N–H and O–H groups in total. The summed E-state index contributed by atoms with van der Waals surface area (Å²) in [4.78, 5) is 38.7. The topological polar surface area (TPSA) is 100 Å². The number of amides is 2. The summed E-state index contributed by atoms with van der Waals surface area (Å²) in [7, 11) is 0. The van der Waals surface area contributed by atoms with Crippen LogP contribution in [0.3, 0.4) is 0 Å². The smallest absolute Gasteiger partial charge is 0.340 e. The van der Waals surface area contributed by atoms with Gasteiger partial charge in [0.15, 0.2) is 0 Å². The SMILES string of the molecule is Cc1[nH]c(C(=O)NCCNC(=O)C(C)C)c(C)c1C(=O)OC(C)C. The van der Waals surface area contributed by atoms with Crippen LogP contribution in [-0.2, 0) is 9.53 Å². The molecule has 1 aromatic heterocycles. The van der Waals surface area contributed by atoms with Gasteiger partial charge in [-0.25, -0.2) is 4.79 Å². The molecule has 0 fully saturated rings. The van der Waals surface area contributed by atoms with Gasteiger partial charge in [0.05, 0.1) is 11.7 Å². The molecule has 1 rings (SSSR count). The second-order valence-electron chi connectivity index (χ2n) is 6.28. The molecule has 1 aromatic rings. The third kappa shape index (κ3) is 5.11. The Bertz CT molecular complexity index is 618. The van der Waals surface area contributed by atoms with E-state index in [0.29, 0.717) is 35.6 Å². The minimum Gasteiger partial charge on any atom is -0.459 e. The van der Waals surface area contributed by atoms with Crippen molar-refractivity contribution in [1.29, 1.82) is 0 Å². The molecule has 0 saturated carbocycles. The Balaban J connectivity index is 2.69. The van der Waals surface area contributed by atoms with Gasteiger partial charge in [-0.2, -0.15) is 0 Å². The molecule has 7 heteroatoms. The van der Waals surface area contributed by atoms with Gasteiger partial charge in [-0.05, 0) is 33.3 Å². The molecule has 1 heterocycles. The molecule has 0 aliphatic carbocycles. The average Bonchev–Trinajstić information content (AvgIpc) is 2.77. The van der Waals surface area contributed by atoms with E-state index in [-0.39, 0.29) is 23.8 Å². The molecule has 134 valence electrons. The minimum absolute atomic E-state index is 0.0603. The molecule has 0 bridgehead atoms. The van der Waals surface area contributed by atoms with Crippen LogP contribution >= 0.6 is 0 Å². The van der Waals surface area contributed by atoms with Gasteiger partial charge in [0.2, 0.25) is 5.91 Å². The molecule has 0 aliphatic rings. The second-order valence-corrected chi connectivity index (χ2v) is 6.28. The average molecular weight is 337 g/mol. The summed E-state index contributed by atoms with van der Waals surface area (Å²) in [6.45, 7) is 11.2. The Morgan fingerprint density at radius 3 is 2.17 bits per heavy atom. The number of nitrogens with one attached hydrogen (secondary N) is 3. The van der Waals surface area contributed by atoms with Crippen LogP contribution in [0.5, 0.6) is 0 Å². The maximum Gasteiger partial charge on any atom is 0.340 e. The van der Waals surface area contributed by atoms with Crippen LogP contribution in [0.15, 0.2) is 0 Å². The lowest BCUT2D eigenvalue weighted by molar-refractivity contribution is -0.123. The molecular weight excluding hydrogens is 310 g/mol. The highest BCUT2D eigenvalue weighted by molar-refractivity contribution is 6.00. The van der Waals surface area contributed by atoms with Crippen LogP contribution in [0.2, 0.25) is 0 Å². The van der Waals surface area contributed by atoms with E-state index in [1.807, 2.05) is 0 Å². The number of ether oxygens (including phenoxy) is 1. The summed E-state index contributed by atoms with van der Waals surface area (Å²) in [5.74, 6) is -0.920. The van der Waals surface area contributed by atoms with Gasteiger partial charge in [-0.1, -0.05) is 13.8 Å². The van der Waals surface area contributed by atoms with Gasteiger partial charge in [0, 0.05) is 24.7 Å². The monoisotopic (exact) mass is 337 g/mol. The van der Waals surface area contributed by atoms with Gasteiger partial charge in [-0.3, -0.25) is 9.59 Å². The van der Waals surface area contributed by atoms with Crippen LogP contribution in [0.4, 0.5) is 0 Å². The van der Waals surface area contributed by atoms with E-state index in [4.69, 9.17) is 4.74 Å². The third-order valence-corrected chi connectivity index (χ3v) is 3.45. The van der Waals surface area contributed by atoms with E-state index in [2.05, 4.69) is 15.6 Å². The molecule has 0 saturated heterocycles. The van der Waals surface area contributed by atoms with Crippen molar-refractivity contribution in [2.45, 2.75) is 47.6 Å². The van der Waals surface area contributed by atoms with Gasteiger partial charge in [0.25, 0.3) is 5.91 Å². The standard InChI is InChI=1S/C17H27N3O4/c1-9(2)15(21)18-7-8-19-16(22)14-11(5)13(12(6)20-14)17(23)24-10(3)4/h9-10,20H,7-8H2,1-6H3,(H,18,21)(H,19,22). The fourth-order valence-electron chi connectivity index (χ4n) is 2.21. The first kappa shape index (κ1) is 19.7. The van der Waals surface area contributed by atoms with Gasteiger partial charge < -0.3 is 20.4 Å². The third-order valence-electron chi connectivity index (χ3n) is 3.45. The second kappa shape index (κ2) is 8.52. The lowest BCUT2D eigenvalue weighted by Crippen LogP contribution is -2.36. The fraction of sp³-hybridized carbons (Fsp3) is 0.588. The van der Waals surface area contributed by atoms with Crippen LogP contribution in [-0.4, -0.2) is 42.0 Å². The highest BCUT2D eigenvalue weighted by Gasteiger charge is 2.23. The normalized spacial score (nSPS) is 10.8. The van der Waals surface area contributed by atoms with E-state index < -0.39 is 5.97 Å². The predicted octanol–water partition coefficient (Wildman–Crippen LogP) is 1.70. The largest absolute Gasteiger partial charge is 0.459 e. The van der Waals surface area contributed by atoms with E-state index in [1.165, 1.54) is 0 Å². The van der Waals surface area contributed by atoms with Crippen molar-refractivity contribution in [2.24, 2.45) is 5.92 Å². The molecular formula is C17H27N3O4. The molecule has 0 atom stereocenters. The first-order valence-electron chi connectivity index (χ1n) is 8.11. The Kier molecular flexibility index (Phi) is 7.00. The van der Waals surface area contributed by atoms with Crippen molar-refractivity contribution in [1.82, 2.24) is 15.6 Å². The number of carbonyl (C=O) groups excluding carboxylic acids is 3. The summed E-state index contributed by atoms with van der Waals surface area (Å²) >= 11 is 0. The lowest BCUT2D eigenvalue weighted by Gasteiger charge is -2.09. The number of hydrogen-bond donors (Lipinski definition) is 3. The summed E-state index contributed by atoms with van der Waals surface area (Å²) < 4.78 is 5.20. The minimum atomic E-state index is -0.445. The van der Waals surface area contributed by atoms with Gasteiger partial charge in [0.1, 0.15) is 5.69 Å². The van der Waals surface area contributed by atoms with Crippen LogP contribution in [0, 0.1) is 19.8 Å². The highest BCUT2D eigenvalue weighted by Crippen LogP contribution is 2.19. The molecule has 7 nitrogen and oxygen atoms in total. The summed E-state index contributed by atoms with van der Waals surface area (Å²) in [6, 6.07) is 0. The molecule has 0 aliphatic heterocycles. The van der Waals surface area contributed by atoms with Crippen LogP contribution in [0.25, 0.3) is 0 Å². The molecule has 0 unspecified atom stereocenters. The predicted molar refractivity (Wildman–Crippen MR) is 91.0 cm³/mol. The number of carbonyl (C=O) groups is 3. The lowest BCUT2D eigenvalue weighted by atomic mass is 10.1. The fourth-order valence-corrected chi connectivity index (χ4v) is 2.21. The number of aromatic amines is 1. The number of rotatable bonds is 7. The van der Waals surface area contributed by atoms with Gasteiger partial charge in [-0.15, -0.1) is 0 Å². The quantitative estimate of drug-likeness (QED) is 0.521. The Morgan fingerprint density at radius 1 is 1.04 bits per heavy atom. The Morgan fingerprint density at radius 2 is 1.62 bits per heavy atom. The van der Waals surface area contributed by atoms with Crippen LogP contribution < -0.4 is 10.6 Å². The van der Waals surface area contributed by atoms with E-state index in [1.54, 1.807) is 41.5 Å². The number of aromatic nitrogens is 1. The summed E-state index contributed by atoms with van der Waals surface area (Å²) in [6.07, 6.45) is -0.229. The number of esters is 1. The molecule has 0 aromatic carbocycles. The maximum atomic E-state index is 12.2. The zero-order valence-electron chi connectivity index (χ0n) is 15.2. The number of H-pyrrole nitrogens is 1. The molecule has 2 amide bonds. The maximum absolute atomic E-state index is 12.2. The van der Waals surface area contributed by atoms with E-state index >= 15 is 0 Å². The number of hydrogen-bond acceptors (Lipinski definition) is 4.